The zero-order chi connectivity index (χ0) is 11.6. The topological polar surface area (TPSA) is 34.1 Å². The fourth-order valence-electron chi connectivity index (χ4n) is 1.48. The smallest absolute Gasteiger partial charge is 0.166 e. The molecule has 0 N–H and O–H groups in total. The Morgan fingerprint density at radius 1 is 1.27 bits per heavy atom. The van der Waals surface area contributed by atoms with E-state index in [1.54, 1.807) is 12.1 Å². The SMILES string of the molecule is CC(=O)c1c(P)cccc1C(=O)C(C)C. The van der Waals surface area contributed by atoms with Gasteiger partial charge < -0.3 is 0 Å². The van der Waals surface area contributed by atoms with Crippen LogP contribution in [0.2, 0.25) is 0 Å². The summed E-state index contributed by atoms with van der Waals surface area (Å²) in [7, 11) is 2.49. The van der Waals surface area contributed by atoms with E-state index in [0.717, 1.165) is 5.30 Å². The van der Waals surface area contributed by atoms with Crippen molar-refractivity contribution in [3.63, 3.8) is 0 Å². The van der Waals surface area contributed by atoms with Crippen molar-refractivity contribution in [1.29, 1.82) is 0 Å². The van der Waals surface area contributed by atoms with E-state index in [0.29, 0.717) is 11.1 Å². The summed E-state index contributed by atoms with van der Waals surface area (Å²) < 4.78 is 0. The predicted molar refractivity (Wildman–Crippen MR) is 65.0 cm³/mol. The number of carbonyl (C=O) groups excluding carboxylic acids is 2. The third kappa shape index (κ3) is 2.51. The van der Waals surface area contributed by atoms with Crippen molar-refractivity contribution in [2.75, 3.05) is 0 Å². The molecule has 1 unspecified atom stereocenters. The van der Waals surface area contributed by atoms with Crippen molar-refractivity contribution in [3.8, 4) is 0 Å². The maximum absolute atomic E-state index is 11.9. The van der Waals surface area contributed by atoms with Gasteiger partial charge in [0.05, 0.1) is 0 Å². The Kier molecular flexibility index (Phi) is 3.76. The number of Topliss-reactive ketones (excluding diaryl/α,β-unsaturated/α-hetero) is 2. The molecule has 0 heterocycles. The van der Waals surface area contributed by atoms with E-state index in [2.05, 4.69) is 9.24 Å². The normalized spacial score (nSPS) is 10.5. The molecule has 15 heavy (non-hydrogen) atoms. The standard InChI is InChI=1S/C12H15O2P/c1-7(2)12(14)9-5-4-6-10(15)11(9)8(3)13/h4-7H,15H2,1-3H3. The summed E-state index contributed by atoms with van der Waals surface area (Å²) in [6.45, 7) is 5.16. The highest BCUT2D eigenvalue weighted by Gasteiger charge is 2.18. The molecule has 0 spiro atoms. The van der Waals surface area contributed by atoms with Crippen molar-refractivity contribution >= 4 is 26.1 Å². The summed E-state index contributed by atoms with van der Waals surface area (Å²) in [6.07, 6.45) is 0. The number of carbonyl (C=O) groups is 2. The molecule has 1 atom stereocenters. The van der Waals surface area contributed by atoms with Crippen LogP contribution in [0.5, 0.6) is 0 Å². The number of rotatable bonds is 3. The van der Waals surface area contributed by atoms with Crippen LogP contribution >= 0.6 is 9.24 Å². The van der Waals surface area contributed by atoms with Gasteiger partial charge in [0.2, 0.25) is 0 Å². The minimum Gasteiger partial charge on any atom is -0.294 e. The second-order valence-corrected chi connectivity index (χ2v) is 4.47. The Bertz CT molecular complexity index is 408. The van der Waals surface area contributed by atoms with Gasteiger partial charge in [-0.2, -0.15) is 0 Å². The van der Waals surface area contributed by atoms with Crippen molar-refractivity contribution in [1.82, 2.24) is 0 Å². The zero-order valence-electron chi connectivity index (χ0n) is 9.20. The van der Waals surface area contributed by atoms with Gasteiger partial charge in [0.1, 0.15) is 0 Å². The molecular formula is C12H15O2P. The lowest BCUT2D eigenvalue weighted by molar-refractivity contribution is 0.0927. The van der Waals surface area contributed by atoms with Crippen LogP contribution in [-0.4, -0.2) is 11.6 Å². The zero-order valence-corrected chi connectivity index (χ0v) is 10.4. The minimum absolute atomic E-state index is 0.0181. The van der Waals surface area contributed by atoms with Crippen molar-refractivity contribution < 1.29 is 9.59 Å². The first-order valence-corrected chi connectivity index (χ1v) is 5.46. The van der Waals surface area contributed by atoms with Crippen LogP contribution in [0.15, 0.2) is 18.2 Å². The van der Waals surface area contributed by atoms with Crippen LogP contribution in [-0.2, 0) is 0 Å². The first-order valence-electron chi connectivity index (χ1n) is 4.88. The molecule has 0 amide bonds. The second-order valence-electron chi connectivity index (χ2n) is 3.84. The number of hydrogen-bond donors (Lipinski definition) is 0. The van der Waals surface area contributed by atoms with Crippen molar-refractivity contribution in [2.24, 2.45) is 5.92 Å². The van der Waals surface area contributed by atoms with E-state index in [-0.39, 0.29) is 17.5 Å². The van der Waals surface area contributed by atoms with Gasteiger partial charge in [0.15, 0.2) is 11.6 Å². The van der Waals surface area contributed by atoms with E-state index < -0.39 is 0 Å². The lowest BCUT2D eigenvalue weighted by atomic mass is 9.95. The van der Waals surface area contributed by atoms with Gasteiger partial charge in [0, 0.05) is 17.0 Å². The fraction of sp³-hybridized carbons (Fsp3) is 0.333. The van der Waals surface area contributed by atoms with Crippen LogP contribution < -0.4 is 5.30 Å². The van der Waals surface area contributed by atoms with E-state index in [9.17, 15) is 9.59 Å². The molecule has 3 heteroatoms. The number of hydrogen-bond acceptors (Lipinski definition) is 2. The van der Waals surface area contributed by atoms with Crippen LogP contribution in [0.4, 0.5) is 0 Å². The monoisotopic (exact) mass is 222 g/mol. The number of benzene rings is 1. The molecule has 2 nitrogen and oxygen atoms in total. The lowest BCUT2D eigenvalue weighted by Gasteiger charge is -2.10. The fourth-order valence-corrected chi connectivity index (χ4v) is 1.95. The first-order chi connectivity index (χ1) is 6.95. The number of ketones is 2. The molecule has 0 radical (unpaired) electrons. The van der Waals surface area contributed by atoms with E-state index in [4.69, 9.17) is 0 Å². The van der Waals surface area contributed by atoms with Gasteiger partial charge in [0.25, 0.3) is 0 Å². The summed E-state index contributed by atoms with van der Waals surface area (Å²) in [5.74, 6) is -0.135. The van der Waals surface area contributed by atoms with Crippen LogP contribution in [0.3, 0.4) is 0 Å². The summed E-state index contributed by atoms with van der Waals surface area (Å²) in [5, 5.41) is 0.786. The highest BCUT2D eigenvalue weighted by molar-refractivity contribution is 7.27. The average Bonchev–Trinajstić information content (AvgIpc) is 2.15. The van der Waals surface area contributed by atoms with E-state index in [1.165, 1.54) is 6.92 Å². The van der Waals surface area contributed by atoms with Crippen LogP contribution in [0.25, 0.3) is 0 Å². The Morgan fingerprint density at radius 3 is 2.33 bits per heavy atom. The molecule has 80 valence electrons. The molecule has 0 aliphatic carbocycles. The molecule has 0 bridgehead atoms. The molecule has 0 aromatic heterocycles. The Hall–Kier alpha value is -1.01. The van der Waals surface area contributed by atoms with Gasteiger partial charge in [-0.25, -0.2) is 0 Å². The van der Waals surface area contributed by atoms with Crippen LogP contribution in [0, 0.1) is 5.92 Å². The second kappa shape index (κ2) is 4.67. The average molecular weight is 222 g/mol. The summed E-state index contributed by atoms with van der Waals surface area (Å²) in [4.78, 5) is 23.3. The van der Waals surface area contributed by atoms with E-state index in [1.807, 2.05) is 19.9 Å². The highest BCUT2D eigenvalue weighted by atomic mass is 31.0. The molecule has 0 fully saturated rings. The maximum atomic E-state index is 11.9. The molecule has 1 aromatic carbocycles. The summed E-state index contributed by atoms with van der Waals surface area (Å²) in [5.41, 5.74) is 1.06. The molecular weight excluding hydrogens is 207 g/mol. The molecule has 1 rings (SSSR count). The first kappa shape index (κ1) is 12.1. The van der Waals surface area contributed by atoms with E-state index >= 15 is 0 Å². The molecule has 0 saturated carbocycles. The van der Waals surface area contributed by atoms with Gasteiger partial charge in [-0.1, -0.05) is 32.0 Å². The molecule has 0 aliphatic heterocycles. The Labute approximate surface area is 92.3 Å². The molecule has 1 aromatic rings. The summed E-state index contributed by atoms with van der Waals surface area (Å²) in [6, 6.07) is 5.33. The minimum atomic E-state index is -0.0881. The van der Waals surface area contributed by atoms with Gasteiger partial charge in [-0.15, -0.1) is 9.24 Å². The third-order valence-electron chi connectivity index (χ3n) is 2.24. The maximum Gasteiger partial charge on any atom is 0.166 e. The van der Waals surface area contributed by atoms with Gasteiger partial charge in [-0.3, -0.25) is 9.59 Å². The Balaban J connectivity index is 3.35. The predicted octanol–water partition coefficient (Wildman–Crippen LogP) is 2.23. The quantitative estimate of drug-likeness (QED) is 0.580. The third-order valence-corrected chi connectivity index (χ3v) is 2.72. The van der Waals surface area contributed by atoms with Crippen LogP contribution in [0.1, 0.15) is 41.5 Å². The van der Waals surface area contributed by atoms with Gasteiger partial charge in [-0.05, 0) is 12.2 Å². The molecule has 0 aliphatic rings. The van der Waals surface area contributed by atoms with Gasteiger partial charge >= 0.3 is 0 Å². The molecule has 0 saturated heterocycles. The lowest BCUT2D eigenvalue weighted by Crippen LogP contribution is -2.17. The largest absolute Gasteiger partial charge is 0.294 e. The summed E-state index contributed by atoms with van der Waals surface area (Å²) >= 11 is 0. The van der Waals surface area contributed by atoms with Crippen molar-refractivity contribution in [3.05, 3.63) is 29.3 Å². The van der Waals surface area contributed by atoms with Crippen molar-refractivity contribution in [2.45, 2.75) is 20.8 Å². The Morgan fingerprint density at radius 2 is 1.87 bits per heavy atom. The highest BCUT2D eigenvalue weighted by Crippen LogP contribution is 2.14.